The van der Waals surface area contributed by atoms with E-state index in [0.29, 0.717) is 22.7 Å². The number of ether oxygens (including phenoxy) is 1. The Bertz CT molecular complexity index is 1190. The number of aromatic nitrogens is 3. The minimum Gasteiger partial charge on any atom is -0.428 e. The number of carbonyl (C=O) groups excluding carboxylic acids is 2. The molecule has 2 fully saturated rings. The van der Waals surface area contributed by atoms with E-state index in [4.69, 9.17) is 10.5 Å². The lowest BCUT2D eigenvalue weighted by molar-refractivity contribution is -0.0494. The number of hydrogen-bond acceptors (Lipinski definition) is 6. The molecule has 0 aromatic carbocycles. The van der Waals surface area contributed by atoms with Gasteiger partial charge < -0.3 is 9.64 Å². The fourth-order valence-corrected chi connectivity index (χ4v) is 3.92. The number of anilines is 1. The van der Waals surface area contributed by atoms with Crippen molar-refractivity contribution in [2.24, 2.45) is 5.73 Å². The van der Waals surface area contributed by atoms with Crippen LogP contribution >= 0.6 is 0 Å². The van der Waals surface area contributed by atoms with Crippen LogP contribution in [0.1, 0.15) is 23.2 Å². The van der Waals surface area contributed by atoms with Crippen molar-refractivity contribution in [1.29, 1.82) is 0 Å². The molecule has 2 amide bonds. The maximum Gasteiger partial charge on any atom is 0.417 e. The summed E-state index contributed by atoms with van der Waals surface area (Å²) in [5.74, 6) is -2.58. The molecule has 32 heavy (non-hydrogen) atoms. The molecule has 0 unspecified atom stereocenters. The quantitative estimate of drug-likeness (QED) is 0.668. The molecule has 2 aliphatic heterocycles. The largest absolute Gasteiger partial charge is 0.428 e. The second-order valence-electron chi connectivity index (χ2n) is 7.88. The van der Waals surface area contributed by atoms with Gasteiger partial charge in [0.15, 0.2) is 6.23 Å². The van der Waals surface area contributed by atoms with Gasteiger partial charge in [-0.05, 0) is 24.3 Å². The molecule has 0 spiro atoms. The molecule has 2 aliphatic rings. The number of carbonyl (C=O) groups is 2. The van der Waals surface area contributed by atoms with Gasteiger partial charge >= 0.3 is 6.09 Å². The first kappa shape index (κ1) is 20.3. The predicted molar refractivity (Wildman–Crippen MR) is 111 cm³/mol. The summed E-state index contributed by atoms with van der Waals surface area (Å²) in [5.41, 5.74) is 7.32. The summed E-state index contributed by atoms with van der Waals surface area (Å²) in [6, 6.07) is 6.99. The fourth-order valence-electron chi connectivity index (χ4n) is 3.92. The summed E-state index contributed by atoms with van der Waals surface area (Å²) in [4.78, 5) is 36.1. The van der Waals surface area contributed by atoms with Crippen molar-refractivity contribution >= 4 is 28.9 Å². The number of halogens is 2. The van der Waals surface area contributed by atoms with Gasteiger partial charge in [-0.15, -0.1) is 0 Å². The van der Waals surface area contributed by atoms with Crippen LogP contribution in [0.2, 0.25) is 0 Å². The van der Waals surface area contributed by atoms with Crippen molar-refractivity contribution in [1.82, 2.24) is 19.4 Å². The van der Waals surface area contributed by atoms with E-state index in [0.717, 1.165) is 5.39 Å². The molecular weight excluding hydrogens is 422 g/mol. The van der Waals surface area contributed by atoms with Crippen LogP contribution in [-0.2, 0) is 4.74 Å². The van der Waals surface area contributed by atoms with Gasteiger partial charge in [-0.1, -0.05) is 0 Å². The Morgan fingerprint density at radius 2 is 1.94 bits per heavy atom. The summed E-state index contributed by atoms with van der Waals surface area (Å²) in [6.45, 7) is 0.279. The number of piperidine rings is 1. The van der Waals surface area contributed by atoms with Gasteiger partial charge in [-0.25, -0.2) is 23.5 Å². The molecular formula is C21H20F2N6O3. The second-order valence-corrected chi connectivity index (χ2v) is 7.88. The molecule has 3 aromatic heterocycles. The first-order valence-electron chi connectivity index (χ1n) is 10.2. The highest BCUT2D eigenvalue weighted by Gasteiger charge is 2.36. The van der Waals surface area contributed by atoms with Crippen LogP contribution in [0, 0.1) is 0 Å². The van der Waals surface area contributed by atoms with Crippen molar-refractivity contribution in [3.63, 3.8) is 0 Å². The van der Waals surface area contributed by atoms with E-state index >= 15 is 0 Å². The Morgan fingerprint density at radius 3 is 2.59 bits per heavy atom. The first-order chi connectivity index (χ1) is 15.3. The van der Waals surface area contributed by atoms with Crippen molar-refractivity contribution in [2.45, 2.75) is 25.0 Å². The SMILES string of the molecule is N[C@@H]1CN(c2ccc(-n3ccc4cc(C(=O)N5CCC(F)(F)CC5)cnc43)cn2)C(=O)O1. The van der Waals surface area contributed by atoms with Crippen LogP contribution < -0.4 is 10.6 Å². The lowest BCUT2D eigenvalue weighted by atomic mass is 10.1. The molecule has 0 saturated carbocycles. The van der Waals surface area contributed by atoms with Crippen LogP contribution in [0.3, 0.4) is 0 Å². The number of rotatable bonds is 3. The highest BCUT2D eigenvalue weighted by atomic mass is 19.3. The van der Waals surface area contributed by atoms with Gasteiger partial charge in [0.1, 0.15) is 11.5 Å². The zero-order valence-electron chi connectivity index (χ0n) is 16.9. The fraction of sp³-hybridized carbons (Fsp3) is 0.333. The summed E-state index contributed by atoms with van der Waals surface area (Å²) in [6.07, 6.45) is 2.98. The van der Waals surface area contributed by atoms with Gasteiger partial charge in [-0.3, -0.25) is 20.0 Å². The van der Waals surface area contributed by atoms with E-state index in [-0.39, 0.29) is 38.4 Å². The lowest BCUT2D eigenvalue weighted by Gasteiger charge is -2.31. The number of fused-ring (bicyclic) bond motifs is 1. The standard InChI is InChI=1S/C21H20F2N6O3/c22-21(23)4-7-27(8-5-21)19(30)14-9-13-3-6-28(18(13)26-10-14)15-1-2-17(25-11-15)29-12-16(24)32-20(29)31/h1-3,6,9-11,16H,4-5,7-8,12,24H2/t16-/m0/s1. The average molecular weight is 442 g/mol. The normalized spacial score (nSPS) is 20.6. The van der Waals surface area contributed by atoms with E-state index < -0.39 is 18.2 Å². The maximum absolute atomic E-state index is 13.4. The van der Waals surface area contributed by atoms with Crippen molar-refractivity contribution < 1.29 is 23.1 Å². The molecule has 9 nitrogen and oxygen atoms in total. The molecule has 166 valence electrons. The van der Waals surface area contributed by atoms with Gasteiger partial charge in [-0.2, -0.15) is 0 Å². The molecule has 0 bridgehead atoms. The van der Waals surface area contributed by atoms with Crippen molar-refractivity contribution in [3.8, 4) is 5.69 Å². The van der Waals surface area contributed by atoms with E-state index in [9.17, 15) is 18.4 Å². The van der Waals surface area contributed by atoms with Crippen molar-refractivity contribution in [2.75, 3.05) is 24.5 Å². The van der Waals surface area contributed by atoms with Crippen molar-refractivity contribution in [3.05, 3.63) is 48.4 Å². The third-order valence-electron chi connectivity index (χ3n) is 5.68. The Morgan fingerprint density at radius 1 is 1.16 bits per heavy atom. The molecule has 5 heterocycles. The number of amides is 2. The summed E-state index contributed by atoms with van der Waals surface area (Å²) < 4.78 is 33.5. The van der Waals surface area contributed by atoms with Gasteiger partial charge in [0, 0.05) is 43.7 Å². The third-order valence-corrected chi connectivity index (χ3v) is 5.68. The molecule has 2 saturated heterocycles. The molecule has 5 rings (SSSR count). The van der Waals surface area contributed by atoms with E-state index in [2.05, 4.69) is 9.97 Å². The summed E-state index contributed by atoms with van der Waals surface area (Å²) >= 11 is 0. The minimum atomic E-state index is -2.71. The first-order valence-corrected chi connectivity index (χ1v) is 10.2. The average Bonchev–Trinajstić information content (AvgIpc) is 3.35. The van der Waals surface area contributed by atoms with Gasteiger partial charge in [0.2, 0.25) is 0 Å². The highest BCUT2D eigenvalue weighted by molar-refractivity contribution is 5.97. The van der Waals surface area contributed by atoms with Crippen LogP contribution in [-0.4, -0.2) is 63.2 Å². The van der Waals surface area contributed by atoms with Crippen LogP contribution in [0.25, 0.3) is 16.7 Å². The second kappa shape index (κ2) is 7.52. The molecule has 2 N–H and O–H groups in total. The van der Waals surface area contributed by atoms with Crippen LogP contribution in [0.15, 0.2) is 42.9 Å². The van der Waals surface area contributed by atoms with Crippen LogP contribution in [0.5, 0.6) is 0 Å². The molecule has 0 radical (unpaired) electrons. The zero-order valence-corrected chi connectivity index (χ0v) is 16.9. The highest BCUT2D eigenvalue weighted by Crippen LogP contribution is 2.29. The van der Waals surface area contributed by atoms with E-state index in [1.165, 1.54) is 16.0 Å². The van der Waals surface area contributed by atoms with E-state index in [1.54, 1.807) is 35.2 Å². The number of likely N-dealkylation sites (tertiary alicyclic amines) is 1. The Hall–Kier alpha value is -3.60. The molecule has 11 heteroatoms. The number of cyclic esters (lactones) is 1. The number of hydrogen-bond donors (Lipinski definition) is 1. The number of nitrogens with zero attached hydrogens (tertiary/aromatic N) is 5. The molecule has 1 atom stereocenters. The number of pyridine rings is 2. The lowest BCUT2D eigenvalue weighted by Crippen LogP contribution is -2.42. The van der Waals surface area contributed by atoms with Gasteiger partial charge in [0.05, 0.1) is 24.0 Å². The Balaban J connectivity index is 1.36. The Kier molecular flexibility index (Phi) is 4.77. The Labute approximate surface area is 181 Å². The predicted octanol–water partition coefficient (Wildman–Crippen LogP) is 2.53. The summed E-state index contributed by atoms with van der Waals surface area (Å²) in [7, 11) is 0. The number of nitrogens with two attached hydrogens (primary N) is 1. The number of alkyl halides is 2. The summed E-state index contributed by atoms with van der Waals surface area (Å²) in [5, 5.41) is 0.733. The van der Waals surface area contributed by atoms with E-state index in [1.807, 2.05) is 6.07 Å². The topological polar surface area (TPSA) is 107 Å². The molecule has 0 aliphatic carbocycles. The smallest absolute Gasteiger partial charge is 0.417 e. The third kappa shape index (κ3) is 3.64. The van der Waals surface area contributed by atoms with Crippen LogP contribution in [0.4, 0.5) is 19.4 Å². The molecule has 3 aromatic rings. The minimum absolute atomic E-state index is 0.0262. The zero-order chi connectivity index (χ0) is 22.5. The maximum atomic E-state index is 13.4. The van der Waals surface area contributed by atoms with Gasteiger partial charge in [0.25, 0.3) is 11.8 Å². The monoisotopic (exact) mass is 442 g/mol.